The fourth-order valence-electron chi connectivity index (χ4n) is 4.25. The van der Waals surface area contributed by atoms with Gasteiger partial charge in [-0.25, -0.2) is 17.8 Å². The molecule has 3 heterocycles. The maximum absolute atomic E-state index is 14.2. The van der Waals surface area contributed by atoms with E-state index in [2.05, 4.69) is 15.6 Å². The third kappa shape index (κ3) is 3.11. The van der Waals surface area contributed by atoms with E-state index in [1.54, 1.807) is 18.2 Å². The third-order valence-electron chi connectivity index (χ3n) is 5.60. The van der Waals surface area contributed by atoms with Crippen LogP contribution in [0, 0.1) is 5.82 Å². The SMILES string of the molecule is CC1(C)CC2=C(C(=O)N1)[C@@](C)(c1cccc(S(C)(=O)=O)c1)c1cc(F)cnc1N2. The number of amides is 1. The first-order chi connectivity index (χ1) is 13.4. The first-order valence-corrected chi connectivity index (χ1v) is 11.1. The molecule has 0 bridgehead atoms. The number of carbonyl (C=O) groups excluding carboxylic acids is 1. The van der Waals surface area contributed by atoms with E-state index in [-0.39, 0.29) is 10.8 Å². The van der Waals surface area contributed by atoms with Gasteiger partial charge in [-0.1, -0.05) is 12.1 Å². The van der Waals surface area contributed by atoms with Crippen LogP contribution in [-0.2, 0) is 20.0 Å². The highest BCUT2D eigenvalue weighted by Crippen LogP contribution is 2.49. The Kier molecular flexibility index (Phi) is 4.13. The van der Waals surface area contributed by atoms with Gasteiger partial charge in [-0.3, -0.25) is 4.79 Å². The van der Waals surface area contributed by atoms with Crippen LogP contribution >= 0.6 is 0 Å². The molecule has 6 nitrogen and oxygen atoms in total. The molecule has 0 unspecified atom stereocenters. The van der Waals surface area contributed by atoms with E-state index >= 15 is 0 Å². The zero-order chi connectivity index (χ0) is 21.2. The van der Waals surface area contributed by atoms with E-state index in [4.69, 9.17) is 0 Å². The van der Waals surface area contributed by atoms with Crippen LogP contribution in [0.1, 0.15) is 38.3 Å². The minimum Gasteiger partial charge on any atom is -0.347 e. The predicted octanol–water partition coefficient (Wildman–Crippen LogP) is 2.91. The minimum absolute atomic E-state index is 0.138. The molecule has 8 heteroatoms. The monoisotopic (exact) mass is 415 g/mol. The van der Waals surface area contributed by atoms with Crippen molar-refractivity contribution in [1.82, 2.24) is 10.3 Å². The fraction of sp³-hybridized carbons (Fsp3) is 0.333. The maximum Gasteiger partial charge on any atom is 0.250 e. The molecule has 1 amide bonds. The number of benzene rings is 1. The van der Waals surface area contributed by atoms with Gasteiger partial charge in [0, 0.05) is 29.5 Å². The van der Waals surface area contributed by atoms with Crippen molar-refractivity contribution in [3.63, 3.8) is 0 Å². The summed E-state index contributed by atoms with van der Waals surface area (Å²) in [7, 11) is -3.46. The number of sulfone groups is 1. The number of hydrogen-bond acceptors (Lipinski definition) is 5. The summed E-state index contributed by atoms with van der Waals surface area (Å²) in [6.07, 6.45) is 2.79. The lowest BCUT2D eigenvalue weighted by molar-refractivity contribution is -0.120. The second kappa shape index (κ2) is 6.13. The molecule has 29 heavy (non-hydrogen) atoms. The van der Waals surface area contributed by atoms with E-state index < -0.39 is 26.6 Å². The molecule has 1 aromatic heterocycles. The largest absolute Gasteiger partial charge is 0.347 e. The molecule has 1 aromatic carbocycles. The van der Waals surface area contributed by atoms with Gasteiger partial charge in [0.2, 0.25) is 0 Å². The number of fused-ring (bicyclic) bond motifs is 1. The Balaban J connectivity index is 2.04. The summed E-state index contributed by atoms with van der Waals surface area (Å²) in [4.78, 5) is 17.5. The number of hydrogen-bond donors (Lipinski definition) is 2. The van der Waals surface area contributed by atoms with Gasteiger partial charge in [-0.15, -0.1) is 0 Å². The van der Waals surface area contributed by atoms with E-state index in [1.165, 1.54) is 12.1 Å². The van der Waals surface area contributed by atoms with Crippen molar-refractivity contribution < 1.29 is 17.6 Å². The minimum atomic E-state index is -3.46. The van der Waals surface area contributed by atoms with Crippen molar-refractivity contribution in [2.45, 2.75) is 43.0 Å². The first kappa shape index (κ1) is 19.6. The summed E-state index contributed by atoms with van der Waals surface area (Å²) in [5.41, 5.74) is 0.678. The smallest absolute Gasteiger partial charge is 0.250 e. The molecule has 0 aliphatic carbocycles. The quantitative estimate of drug-likeness (QED) is 0.787. The summed E-state index contributed by atoms with van der Waals surface area (Å²) < 4.78 is 38.4. The summed E-state index contributed by atoms with van der Waals surface area (Å²) in [6.45, 7) is 5.65. The maximum atomic E-state index is 14.2. The average Bonchev–Trinajstić information content (AvgIpc) is 2.60. The van der Waals surface area contributed by atoms with Crippen LogP contribution in [0.4, 0.5) is 10.2 Å². The van der Waals surface area contributed by atoms with Crippen molar-refractivity contribution in [3.05, 3.63) is 64.7 Å². The summed E-state index contributed by atoms with van der Waals surface area (Å²) in [5.74, 6) is -0.342. The second-order valence-corrected chi connectivity index (χ2v) is 10.5. The van der Waals surface area contributed by atoms with Crippen molar-refractivity contribution in [2.75, 3.05) is 11.6 Å². The Labute approximate surface area is 169 Å². The number of nitrogens with zero attached hydrogens (tertiary/aromatic N) is 1. The van der Waals surface area contributed by atoms with Crippen LogP contribution in [-0.4, -0.2) is 31.1 Å². The van der Waals surface area contributed by atoms with Gasteiger partial charge in [-0.2, -0.15) is 0 Å². The van der Waals surface area contributed by atoms with E-state index in [1.807, 2.05) is 20.8 Å². The Hall–Kier alpha value is -2.74. The van der Waals surface area contributed by atoms with Crippen molar-refractivity contribution in [3.8, 4) is 0 Å². The lowest BCUT2D eigenvalue weighted by Gasteiger charge is -2.45. The third-order valence-corrected chi connectivity index (χ3v) is 6.71. The highest BCUT2D eigenvalue weighted by atomic mass is 32.2. The Morgan fingerprint density at radius 2 is 1.90 bits per heavy atom. The average molecular weight is 415 g/mol. The fourth-order valence-corrected chi connectivity index (χ4v) is 4.92. The molecular weight excluding hydrogens is 393 g/mol. The Bertz CT molecular complexity index is 1190. The number of rotatable bonds is 2. The molecule has 0 saturated heterocycles. The molecule has 4 rings (SSSR count). The number of pyridine rings is 1. The molecule has 0 fully saturated rings. The van der Waals surface area contributed by atoms with Gasteiger partial charge in [0.1, 0.15) is 11.6 Å². The van der Waals surface area contributed by atoms with Gasteiger partial charge in [-0.05, 0) is 44.5 Å². The highest BCUT2D eigenvalue weighted by molar-refractivity contribution is 7.90. The lowest BCUT2D eigenvalue weighted by Crippen LogP contribution is -2.54. The van der Waals surface area contributed by atoms with Gasteiger partial charge < -0.3 is 10.6 Å². The molecule has 2 N–H and O–H groups in total. The van der Waals surface area contributed by atoms with Gasteiger partial charge in [0.15, 0.2) is 9.84 Å². The summed E-state index contributed by atoms with van der Waals surface area (Å²) in [5, 5.41) is 6.21. The number of carbonyl (C=O) groups is 1. The Morgan fingerprint density at radius 3 is 2.59 bits per heavy atom. The van der Waals surface area contributed by atoms with Crippen molar-refractivity contribution in [1.29, 1.82) is 0 Å². The number of anilines is 1. The normalized spacial score (nSPS) is 23.0. The summed E-state index contributed by atoms with van der Waals surface area (Å²) in [6, 6.07) is 7.79. The zero-order valence-corrected chi connectivity index (χ0v) is 17.4. The van der Waals surface area contributed by atoms with Gasteiger partial charge in [0.05, 0.1) is 22.1 Å². The topological polar surface area (TPSA) is 88.2 Å². The lowest BCUT2D eigenvalue weighted by atomic mass is 9.66. The van der Waals surface area contributed by atoms with E-state index in [9.17, 15) is 17.6 Å². The standard InChI is InChI=1S/C21H22FN3O3S/c1-20(2)10-16-17(19(26)25-20)21(3,15-9-13(22)11-23-18(15)24-16)12-6-5-7-14(8-12)29(4,27)28/h5-9,11H,10H2,1-4H3,(H,23,24)(H,25,26)/t21-/m0/s1. The molecule has 0 radical (unpaired) electrons. The molecule has 0 saturated carbocycles. The second-order valence-electron chi connectivity index (χ2n) is 8.47. The number of nitrogens with one attached hydrogen (secondary N) is 2. The van der Waals surface area contributed by atoms with Crippen molar-refractivity contribution >= 4 is 21.6 Å². The molecule has 2 aliphatic rings. The molecule has 0 spiro atoms. The van der Waals surface area contributed by atoms with Crippen LogP contribution in [0.3, 0.4) is 0 Å². The molecular formula is C21H22FN3O3S. The van der Waals surface area contributed by atoms with Crippen LogP contribution in [0.25, 0.3) is 0 Å². The Morgan fingerprint density at radius 1 is 1.17 bits per heavy atom. The number of halogens is 1. The molecule has 1 atom stereocenters. The summed E-state index contributed by atoms with van der Waals surface area (Å²) >= 11 is 0. The van der Waals surface area contributed by atoms with Crippen molar-refractivity contribution in [2.24, 2.45) is 0 Å². The first-order valence-electron chi connectivity index (χ1n) is 9.22. The van der Waals surface area contributed by atoms with Crippen LogP contribution < -0.4 is 10.6 Å². The van der Waals surface area contributed by atoms with Crippen LogP contribution in [0.5, 0.6) is 0 Å². The molecule has 2 aromatic rings. The van der Waals surface area contributed by atoms with Gasteiger partial charge >= 0.3 is 0 Å². The van der Waals surface area contributed by atoms with Crippen LogP contribution in [0.15, 0.2) is 52.7 Å². The number of aromatic nitrogens is 1. The predicted molar refractivity (Wildman–Crippen MR) is 108 cm³/mol. The van der Waals surface area contributed by atoms with E-state index in [0.29, 0.717) is 34.6 Å². The van der Waals surface area contributed by atoms with E-state index in [0.717, 1.165) is 12.5 Å². The molecule has 2 aliphatic heterocycles. The van der Waals surface area contributed by atoms with Crippen LogP contribution in [0.2, 0.25) is 0 Å². The zero-order valence-electron chi connectivity index (χ0n) is 16.6. The highest BCUT2D eigenvalue weighted by Gasteiger charge is 2.48. The molecule has 152 valence electrons. The van der Waals surface area contributed by atoms with Gasteiger partial charge in [0.25, 0.3) is 5.91 Å².